The fourth-order valence-electron chi connectivity index (χ4n) is 3.10. The third-order valence-corrected chi connectivity index (χ3v) is 5.01. The zero-order valence-corrected chi connectivity index (χ0v) is 16.6. The summed E-state index contributed by atoms with van der Waals surface area (Å²) in [7, 11) is 1.38. The van der Waals surface area contributed by atoms with E-state index < -0.39 is 0 Å². The molecule has 0 aromatic heterocycles. The van der Waals surface area contributed by atoms with Crippen LogP contribution >= 0.6 is 11.6 Å². The molecule has 1 aliphatic heterocycles. The number of methoxy groups -OCH3 is 1. The van der Waals surface area contributed by atoms with E-state index in [1.165, 1.54) is 7.11 Å². The molecule has 0 bridgehead atoms. The van der Waals surface area contributed by atoms with E-state index in [-0.39, 0.29) is 11.9 Å². The smallest absolute Gasteiger partial charge is 0.337 e. The molecule has 5 nitrogen and oxygen atoms in total. The van der Waals surface area contributed by atoms with Crippen LogP contribution in [0.4, 0.5) is 0 Å². The number of amides is 1. The number of hydrogen-bond acceptors (Lipinski definition) is 4. The van der Waals surface area contributed by atoms with Crippen molar-refractivity contribution < 1.29 is 14.3 Å². The monoisotopic (exact) mass is 398 g/mol. The molecule has 1 aliphatic rings. The van der Waals surface area contributed by atoms with Gasteiger partial charge < -0.3 is 9.64 Å². The fourth-order valence-corrected chi connectivity index (χ4v) is 3.22. The van der Waals surface area contributed by atoms with Gasteiger partial charge in [-0.25, -0.2) is 4.79 Å². The standard InChI is InChI=1S/C22H23ClN2O3/c1-28-22(27)19-7-2-18(3-8-19)16-24-12-14-25(15-13-24)21(26)11-6-17-4-9-20(23)10-5-17/h2-11H,12-16H2,1H3/b11-6+. The molecule has 0 saturated carbocycles. The Bertz CT molecular complexity index is 839. The molecule has 0 atom stereocenters. The number of piperazine rings is 1. The average molecular weight is 399 g/mol. The number of carbonyl (C=O) groups is 2. The SMILES string of the molecule is COC(=O)c1ccc(CN2CCN(C(=O)/C=C/c3ccc(Cl)cc3)CC2)cc1. The van der Waals surface area contributed by atoms with Gasteiger partial charge in [0.25, 0.3) is 0 Å². The summed E-state index contributed by atoms with van der Waals surface area (Å²) in [6.07, 6.45) is 3.43. The van der Waals surface area contributed by atoms with Crippen molar-refractivity contribution >= 4 is 29.6 Å². The molecule has 1 amide bonds. The van der Waals surface area contributed by atoms with Gasteiger partial charge in [0, 0.05) is 43.8 Å². The van der Waals surface area contributed by atoms with Crippen LogP contribution in [0.5, 0.6) is 0 Å². The molecule has 0 spiro atoms. The fraction of sp³-hybridized carbons (Fsp3) is 0.273. The maximum absolute atomic E-state index is 12.4. The molecule has 1 heterocycles. The van der Waals surface area contributed by atoms with Crippen molar-refractivity contribution in [3.63, 3.8) is 0 Å². The van der Waals surface area contributed by atoms with Crippen LogP contribution < -0.4 is 0 Å². The number of benzene rings is 2. The highest BCUT2D eigenvalue weighted by Crippen LogP contribution is 2.13. The van der Waals surface area contributed by atoms with E-state index >= 15 is 0 Å². The Labute approximate surface area is 170 Å². The summed E-state index contributed by atoms with van der Waals surface area (Å²) >= 11 is 5.87. The van der Waals surface area contributed by atoms with E-state index in [4.69, 9.17) is 16.3 Å². The van der Waals surface area contributed by atoms with Crippen molar-refractivity contribution in [1.82, 2.24) is 9.80 Å². The van der Waals surface area contributed by atoms with E-state index in [0.29, 0.717) is 23.7 Å². The number of esters is 1. The van der Waals surface area contributed by atoms with Crippen molar-refractivity contribution in [3.05, 3.63) is 76.3 Å². The van der Waals surface area contributed by atoms with E-state index in [1.807, 2.05) is 47.4 Å². The molecule has 3 rings (SSSR count). The number of ether oxygens (including phenoxy) is 1. The average Bonchev–Trinajstić information content (AvgIpc) is 2.73. The maximum atomic E-state index is 12.4. The Hall–Kier alpha value is -2.63. The van der Waals surface area contributed by atoms with Crippen LogP contribution in [0.2, 0.25) is 5.02 Å². The van der Waals surface area contributed by atoms with Gasteiger partial charge in [-0.15, -0.1) is 0 Å². The van der Waals surface area contributed by atoms with Gasteiger partial charge in [0.2, 0.25) is 5.91 Å². The normalized spacial score (nSPS) is 15.0. The van der Waals surface area contributed by atoms with Crippen LogP contribution in [0.3, 0.4) is 0 Å². The second-order valence-corrected chi connectivity index (χ2v) is 7.11. The molecule has 2 aromatic carbocycles. The first-order chi connectivity index (χ1) is 13.5. The quantitative estimate of drug-likeness (QED) is 0.571. The Morgan fingerprint density at radius 2 is 1.64 bits per heavy atom. The van der Waals surface area contributed by atoms with Gasteiger partial charge in [-0.05, 0) is 41.5 Å². The number of carbonyl (C=O) groups excluding carboxylic acids is 2. The first-order valence-corrected chi connectivity index (χ1v) is 9.55. The van der Waals surface area contributed by atoms with Crippen molar-refractivity contribution in [3.8, 4) is 0 Å². The number of halogens is 1. The van der Waals surface area contributed by atoms with Gasteiger partial charge in [-0.3, -0.25) is 9.69 Å². The summed E-state index contributed by atoms with van der Waals surface area (Å²) < 4.78 is 4.72. The molecule has 0 N–H and O–H groups in total. The molecule has 28 heavy (non-hydrogen) atoms. The highest BCUT2D eigenvalue weighted by atomic mass is 35.5. The van der Waals surface area contributed by atoms with E-state index in [2.05, 4.69) is 4.90 Å². The van der Waals surface area contributed by atoms with E-state index in [0.717, 1.165) is 30.8 Å². The summed E-state index contributed by atoms with van der Waals surface area (Å²) in [5.41, 5.74) is 2.64. The van der Waals surface area contributed by atoms with Crippen LogP contribution in [-0.4, -0.2) is 55.0 Å². The molecular formula is C22H23ClN2O3. The van der Waals surface area contributed by atoms with Crippen LogP contribution in [0.15, 0.2) is 54.6 Å². The van der Waals surface area contributed by atoms with Crippen molar-refractivity contribution in [2.75, 3.05) is 33.3 Å². The third kappa shape index (κ3) is 5.44. The van der Waals surface area contributed by atoms with Gasteiger partial charge in [-0.1, -0.05) is 35.9 Å². The lowest BCUT2D eigenvalue weighted by atomic mass is 10.1. The predicted octanol–water partition coefficient (Wildman–Crippen LogP) is 3.48. The van der Waals surface area contributed by atoms with Gasteiger partial charge in [0.15, 0.2) is 0 Å². The van der Waals surface area contributed by atoms with Gasteiger partial charge >= 0.3 is 5.97 Å². The summed E-state index contributed by atoms with van der Waals surface area (Å²) in [6.45, 7) is 3.83. The molecule has 0 unspecified atom stereocenters. The summed E-state index contributed by atoms with van der Waals surface area (Å²) in [5, 5.41) is 0.680. The first kappa shape index (κ1) is 20.1. The van der Waals surface area contributed by atoms with Crippen LogP contribution in [-0.2, 0) is 16.1 Å². The van der Waals surface area contributed by atoms with E-state index in [9.17, 15) is 9.59 Å². The summed E-state index contributed by atoms with van der Waals surface area (Å²) in [4.78, 5) is 28.0. The second-order valence-electron chi connectivity index (χ2n) is 6.67. The summed E-state index contributed by atoms with van der Waals surface area (Å²) in [6, 6.07) is 14.8. The molecule has 1 fully saturated rings. The maximum Gasteiger partial charge on any atom is 0.337 e. The minimum atomic E-state index is -0.328. The second kappa shape index (κ2) is 9.53. The number of rotatable bonds is 5. The first-order valence-electron chi connectivity index (χ1n) is 9.17. The number of hydrogen-bond donors (Lipinski definition) is 0. The minimum Gasteiger partial charge on any atom is -0.465 e. The molecule has 146 valence electrons. The minimum absolute atomic E-state index is 0.0250. The van der Waals surface area contributed by atoms with Crippen LogP contribution in [0.25, 0.3) is 6.08 Å². The summed E-state index contributed by atoms with van der Waals surface area (Å²) in [5.74, 6) is -0.303. The van der Waals surface area contributed by atoms with Crippen LogP contribution in [0.1, 0.15) is 21.5 Å². The van der Waals surface area contributed by atoms with Crippen molar-refractivity contribution in [2.24, 2.45) is 0 Å². The number of nitrogens with zero attached hydrogens (tertiary/aromatic N) is 2. The zero-order chi connectivity index (χ0) is 19.9. The van der Waals surface area contributed by atoms with Gasteiger partial charge in [0.05, 0.1) is 12.7 Å². The molecule has 1 saturated heterocycles. The Morgan fingerprint density at radius 1 is 1.00 bits per heavy atom. The van der Waals surface area contributed by atoms with E-state index in [1.54, 1.807) is 18.2 Å². The molecule has 2 aromatic rings. The zero-order valence-electron chi connectivity index (χ0n) is 15.8. The van der Waals surface area contributed by atoms with Crippen molar-refractivity contribution in [2.45, 2.75) is 6.54 Å². The topological polar surface area (TPSA) is 49.9 Å². The lowest BCUT2D eigenvalue weighted by Gasteiger charge is -2.34. The largest absolute Gasteiger partial charge is 0.465 e. The molecule has 6 heteroatoms. The Morgan fingerprint density at radius 3 is 2.25 bits per heavy atom. The highest BCUT2D eigenvalue weighted by molar-refractivity contribution is 6.30. The Kier molecular flexibility index (Phi) is 6.85. The Balaban J connectivity index is 1.48. The molecular weight excluding hydrogens is 376 g/mol. The third-order valence-electron chi connectivity index (χ3n) is 4.75. The van der Waals surface area contributed by atoms with Crippen LogP contribution in [0, 0.1) is 0 Å². The molecule has 0 aliphatic carbocycles. The lowest BCUT2D eigenvalue weighted by Crippen LogP contribution is -2.47. The van der Waals surface area contributed by atoms with Gasteiger partial charge in [0.1, 0.15) is 0 Å². The molecule has 0 radical (unpaired) electrons. The van der Waals surface area contributed by atoms with Crippen molar-refractivity contribution in [1.29, 1.82) is 0 Å². The highest BCUT2D eigenvalue weighted by Gasteiger charge is 2.19. The lowest BCUT2D eigenvalue weighted by molar-refractivity contribution is -0.127. The van der Waals surface area contributed by atoms with Gasteiger partial charge in [-0.2, -0.15) is 0 Å². The predicted molar refractivity (Wildman–Crippen MR) is 110 cm³/mol.